The standard InChI is InChI=1S/C18H26FN3O2/c1-4-21(5-2)18(24)15-11-8-12-22(15)16(17(23)20-3)13-9-6-7-10-14(13)19/h6-7,9-10,15-16H,4-5,8,11-12H2,1-3H3,(H,20,23)/t15-,16+/m0/s1. The van der Waals surface area contributed by atoms with Gasteiger partial charge in [-0.2, -0.15) is 0 Å². The van der Waals surface area contributed by atoms with Crippen LogP contribution >= 0.6 is 0 Å². The van der Waals surface area contributed by atoms with E-state index in [1.165, 1.54) is 13.1 Å². The van der Waals surface area contributed by atoms with E-state index in [-0.39, 0.29) is 17.9 Å². The molecule has 0 radical (unpaired) electrons. The van der Waals surface area contributed by atoms with Crippen LogP contribution in [0.3, 0.4) is 0 Å². The van der Waals surface area contributed by atoms with Gasteiger partial charge in [0.25, 0.3) is 0 Å². The molecule has 0 bridgehead atoms. The number of halogens is 1. The molecule has 2 rings (SSSR count). The van der Waals surface area contributed by atoms with Gasteiger partial charge in [0.05, 0.1) is 6.04 Å². The minimum atomic E-state index is -0.789. The van der Waals surface area contributed by atoms with Gasteiger partial charge in [-0.15, -0.1) is 0 Å². The van der Waals surface area contributed by atoms with Gasteiger partial charge >= 0.3 is 0 Å². The third kappa shape index (κ3) is 3.59. The molecule has 0 spiro atoms. The molecule has 5 nitrogen and oxygen atoms in total. The van der Waals surface area contributed by atoms with E-state index in [4.69, 9.17) is 0 Å². The number of carbonyl (C=O) groups is 2. The molecule has 2 atom stereocenters. The summed E-state index contributed by atoms with van der Waals surface area (Å²) in [6.45, 7) is 5.74. The van der Waals surface area contributed by atoms with E-state index in [1.54, 1.807) is 23.1 Å². The summed E-state index contributed by atoms with van der Waals surface area (Å²) in [4.78, 5) is 28.9. The first kappa shape index (κ1) is 18.4. The van der Waals surface area contributed by atoms with Gasteiger partial charge in [-0.3, -0.25) is 14.5 Å². The first-order chi connectivity index (χ1) is 11.5. The molecule has 1 N–H and O–H groups in total. The number of rotatable bonds is 6. The molecule has 1 saturated heterocycles. The van der Waals surface area contributed by atoms with E-state index in [1.807, 2.05) is 18.7 Å². The Morgan fingerprint density at radius 2 is 2.00 bits per heavy atom. The summed E-state index contributed by atoms with van der Waals surface area (Å²) in [7, 11) is 1.54. The van der Waals surface area contributed by atoms with Gasteiger partial charge in [0, 0.05) is 32.2 Å². The third-order valence-electron chi connectivity index (χ3n) is 4.68. The van der Waals surface area contributed by atoms with Gasteiger partial charge in [-0.25, -0.2) is 4.39 Å². The van der Waals surface area contributed by atoms with Crippen molar-refractivity contribution in [3.63, 3.8) is 0 Å². The lowest BCUT2D eigenvalue weighted by Crippen LogP contribution is -2.49. The monoisotopic (exact) mass is 335 g/mol. The van der Waals surface area contributed by atoms with Crippen molar-refractivity contribution in [3.05, 3.63) is 35.6 Å². The SMILES string of the molecule is CCN(CC)C(=O)[C@@H]1CCCN1[C@@H](C(=O)NC)c1ccccc1F. The lowest BCUT2D eigenvalue weighted by atomic mass is 10.0. The van der Waals surface area contributed by atoms with Gasteiger partial charge < -0.3 is 10.2 Å². The zero-order valence-electron chi connectivity index (χ0n) is 14.6. The molecule has 1 aromatic carbocycles. The van der Waals surface area contributed by atoms with E-state index < -0.39 is 11.9 Å². The van der Waals surface area contributed by atoms with E-state index in [0.29, 0.717) is 31.6 Å². The molecule has 1 aliphatic rings. The number of benzene rings is 1. The molecule has 1 fully saturated rings. The highest BCUT2D eigenvalue weighted by Crippen LogP contribution is 2.32. The summed E-state index contributed by atoms with van der Waals surface area (Å²) in [5, 5.41) is 2.61. The van der Waals surface area contributed by atoms with Crippen LogP contribution in [-0.2, 0) is 9.59 Å². The summed E-state index contributed by atoms with van der Waals surface area (Å²) in [6.07, 6.45) is 1.51. The lowest BCUT2D eigenvalue weighted by Gasteiger charge is -2.34. The molecule has 0 aromatic heterocycles. The number of hydrogen-bond acceptors (Lipinski definition) is 3. The van der Waals surface area contributed by atoms with E-state index in [9.17, 15) is 14.0 Å². The lowest BCUT2D eigenvalue weighted by molar-refractivity contribution is -0.138. The van der Waals surface area contributed by atoms with Crippen molar-refractivity contribution in [2.45, 2.75) is 38.8 Å². The number of hydrogen-bond donors (Lipinski definition) is 1. The summed E-state index contributed by atoms with van der Waals surface area (Å²) in [6, 6.07) is 5.11. The average Bonchev–Trinajstić information content (AvgIpc) is 3.06. The number of amides is 2. The maximum atomic E-state index is 14.3. The van der Waals surface area contributed by atoms with Crippen molar-refractivity contribution in [2.24, 2.45) is 0 Å². The first-order valence-electron chi connectivity index (χ1n) is 8.55. The Balaban J connectivity index is 2.37. The highest BCUT2D eigenvalue weighted by Gasteiger charge is 2.41. The maximum Gasteiger partial charge on any atom is 0.241 e. The van der Waals surface area contributed by atoms with Gasteiger partial charge in [0.1, 0.15) is 11.9 Å². The number of nitrogens with zero attached hydrogens (tertiary/aromatic N) is 2. The molecule has 1 aliphatic heterocycles. The van der Waals surface area contributed by atoms with Crippen molar-refractivity contribution in [1.29, 1.82) is 0 Å². The fourth-order valence-electron chi connectivity index (χ4n) is 3.41. The fourth-order valence-corrected chi connectivity index (χ4v) is 3.41. The summed E-state index contributed by atoms with van der Waals surface area (Å²) in [5.74, 6) is -0.700. The molecule has 132 valence electrons. The number of carbonyl (C=O) groups excluding carboxylic acids is 2. The van der Waals surface area contributed by atoms with Crippen molar-refractivity contribution in [2.75, 3.05) is 26.7 Å². The average molecular weight is 335 g/mol. The second-order valence-corrected chi connectivity index (χ2v) is 5.94. The van der Waals surface area contributed by atoms with Crippen LogP contribution in [0.15, 0.2) is 24.3 Å². The third-order valence-corrected chi connectivity index (χ3v) is 4.68. The number of likely N-dealkylation sites (tertiary alicyclic amines) is 1. The fraction of sp³-hybridized carbons (Fsp3) is 0.556. The second-order valence-electron chi connectivity index (χ2n) is 5.94. The smallest absolute Gasteiger partial charge is 0.241 e. The Morgan fingerprint density at radius 3 is 2.58 bits per heavy atom. The molecular weight excluding hydrogens is 309 g/mol. The van der Waals surface area contributed by atoms with Crippen LogP contribution in [-0.4, -0.2) is 54.3 Å². The molecular formula is C18H26FN3O2. The van der Waals surface area contributed by atoms with Crippen LogP contribution in [0.2, 0.25) is 0 Å². The molecule has 2 amide bonds. The zero-order valence-corrected chi connectivity index (χ0v) is 14.6. The number of nitrogens with one attached hydrogen (secondary N) is 1. The zero-order chi connectivity index (χ0) is 17.7. The Labute approximate surface area is 142 Å². The summed E-state index contributed by atoms with van der Waals surface area (Å²) >= 11 is 0. The van der Waals surface area contributed by atoms with Crippen molar-refractivity contribution >= 4 is 11.8 Å². The summed E-state index contributed by atoms with van der Waals surface area (Å²) in [5.41, 5.74) is 0.316. The highest BCUT2D eigenvalue weighted by molar-refractivity contribution is 5.86. The van der Waals surface area contributed by atoms with E-state index in [0.717, 1.165) is 6.42 Å². The quantitative estimate of drug-likeness (QED) is 0.864. The van der Waals surface area contributed by atoms with E-state index >= 15 is 0 Å². The van der Waals surface area contributed by atoms with Crippen molar-refractivity contribution in [3.8, 4) is 0 Å². The number of likely N-dealkylation sites (N-methyl/N-ethyl adjacent to an activating group) is 2. The predicted molar refractivity (Wildman–Crippen MR) is 90.9 cm³/mol. The predicted octanol–water partition coefficient (Wildman–Crippen LogP) is 1.95. The molecule has 6 heteroatoms. The minimum Gasteiger partial charge on any atom is -0.358 e. The normalized spacial score (nSPS) is 19.1. The second kappa shape index (κ2) is 8.24. The Kier molecular flexibility index (Phi) is 6.31. The van der Waals surface area contributed by atoms with Crippen LogP contribution in [0, 0.1) is 5.82 Å². The molecule has 0 saturated carbocycles. The Bertz CT molecular complexity index is 589. The van der Waals surface area contributed by atoms with Crippen molar-refractivity contribution < 1.29 is 14.0 Å². The Morgan fingerprint density at radius 1 is 1.33 bits per heavy atom. The molecule has 1 heterocycles. The van der Waals surface area contributed by atoms with Gasteiger partial charge in [-0.05, 0) is 32.8 Å². The molecule has 0 aliphatic carbocycles. The van der Waals surface area contributed by atoms with Crippen LogP contribution in [0.5, 0.6) is 0 Å². The summed E-state index contributed by atoms with van der Waals surface area (Å²) < 4.78 is 14.3. The highest BCUT2D eigenvalue weighted by atomic mass is 19.1. The van der Waals surface area contributed by atoms with Gasteiger partial charge in [-0.1, -0.05) is 18.2 Å². The van der Waals surface area contributed by atoms with Crippen LogP contribution in [0.25, 0.3) is 0 Å². The van der Waals surface area contributed by atoms with Gasteiger partial charge in [0.15, 0.2) is 0 Å². The maximum absolute atomic E-state index is 14.3. The minimum absolute atomic E-state index is 0.0164. The Hall–Kier alpha value is -1.95. The van der Waals surface area contributed by atoms with Gasteiger partial charge in [0.2, 0.25) is 11.8 Å². The van der Waals surface area contributed by atoms with Crippen LogP contribution in [0.1, 0.15) is 38.3 Å². The largest absolute Gasteiger partial charge is 0.358 e. The first-order valence-corrected chi connectivity index (χ1v) is 8.55. The van der Waals surface area contributed by atoms with Crippen LogP contribution in [0.4, 0.5) is 4.39 Å². The molecule has 1 aromatic rings. The van der Waals surface area contributed by atoms with E-state index in [2.05, 4.69) is 5.32 Å². The molecule has 0 unspecified atom stereocenters. The van der Waals surface area contributed by atoms with Crippen LogP contribution < -0.4 is 5.32 Å². The topological polar surface area (TPSA) is 52.7 Å². The van der Waals surface area contributed by atoms with Crippen molar-refractivity contribution in [1.82, 2.24) is 15.1 Å². The molecule has 24 heavy (non-hydrogen) atoms.